The lowest BCUT2D eigenvalue weighted by Crippen LogP contribution is -2.18. The highest BCUT2D eigenvalue weighted by Gasteiger charge is 2.04. The zero-order valence-corrected chi connectivity index (χ0v) is 9.69. The molecule has 0 saturated heterocycles. The highest BCUT2D eigenvalue weighted by molar-refractivity contribution is 5.70. The number of aliphatic hydroxyl groups is 1. The molecule has 90 valence electrons. The van der Waals surface area contributed by atoms with Gasteiger partial charge < -0.3 is 9.52 Å². The van der Waals surface area contributed by atoms with Gasteiger partial charge in [0.1, 0.15) is 5.76 Å². The van der Waals surface area contributed by atoms with Gasteiger partial charge in [-0.1, -0.05) is 0 Å². The molecule has 0 bridgehead atoms. The van der Waals surface area contributed by atoms with E-state index in [1.54, 1.807) is 6.07 Å². The fourth-order valence-electron chi connectivity index (χ4n) is 1.56. The zero-order valence-electron chi connectivity index (χ0n) is 9.69. The van der Waals surface area contributed by atoms with Crippen molar-refractivity contribution in [1.82, 2.24) is 4.90 Å². The van der Waals surface area contributed by atoms with Crippen LogP contribution in [0.3, 0.4) is 0 Å². The molecule has 4 heteroatoms. The summed E-state index contributed by atoms with van der Waals surface area (Å²) in [7, 11) is 2.02. The number of carbonyl (C=O) groups is 1. The summed E-state index contributed by atoms with van der Waals surface area (Å²) in [5.74, 6) is 1.19. The summed E-state index contributed by atoms with van der Waals surface area (Å²) in [4.78, 5) is 12.6. The fraction of sp³-hybridized carbons (Fsp3) is 0.583. The number of unbranched alkanes of at least 4 members (excludes halogenated alkanes) is 2. The lowest BCUT2D eigenvalue weighted by atomic mass is 10.2. The quantitative estimate of drug-likeness (QED) is 0.540. The maximum atomic E-state index is 10.4. The van der Waals surface area contributed by atoms with Crippen LogP contribution in [0.25, 0.3) is 0 Å². The molecule has 0 saturated carbocycles. The average Bonchev–Trinajstić information content (AvgIpc) is 2.72. The number of hydrogen-bond donors (Lipinski definition) is 1. The van der Waals surface area contributed by atoms with Gasteiger partial charge in [0.2, 0.25) is 0 Å². The second kappa shape index (κ2) is 7.19. The molecule has 0 fully saturated rings. The minimum absolute atomic E-state index is 0.268. The third-order valence-electron chi connectivity index (χ3n) is 2.42. The first kappa shape index (κ1) is 12.9. The lowest BCUT2D eigenvalue weighted by Gasteiger charge is -2.14. The van der Waals surface area contributed by atoms with Crippen molar-refractivity contribution in [2.45, 2.75) is 25.8 Å². The van der Waals surface area contributed by atoms with Crippen molar-refractivity contribution in [1.29, 1.82) is 0 Å². The van der Waals surface area contributed by atoms with Crippen LogP contribution < -0.4 is 0 Å². The van der Waals surface area contributed by atoms with Crippen molar-refractivity contribution in [2.24, 2.45) is 0 Å². The van der Waals surface area contributed by atoms with Gasteiger partial charge in [0.05, 0.1) is 6.54 Å². The predicted octanol–water partition coefficient (Wildman–Crippen LogP) is 1.69. The summed E-state index contributed by atoms with van der Waals surface area (Å²) in [6.45, 7) is 1.95. The van der Waals surface area contributed by atoms with Crippen molar-refractivity contribution < 1.29 is 14.3 Å². The summed E-state index contributed by atoms with van der Waals surface area (Å²) in [5, 5.41) is 8.63. The number of furan rings is 1. The molecule has 0 unspecified atom stereocenters. The maximum absolute atomic E-state index is 10.4. The Morgan fingerprint density at radius 1 is 1.38 bits per heavy atom. The first-order valence-electron chi connectivity index (χ1n) is 5.59. The molecule has 0 spiro atoms. The molecule has 0 aliphatic heterocycles. The SMILES string of the molecule is CN(CCCCCO)Cc1ccc(C=O)o1. The fourth-order valence-corrected chi connectivity index (χ4v) is 1.56. The van der Waals surface area contributed by atoms with E-state index in [1.807, 2.05) is 13.1 Å². The van der Waals surface area contributed by atoms with Crippen LogP contribution in [0.4, 0.5) is 0 Å². The molecule has 0 amide bonds. The Balaban J connectivity index is 2.22. The molecule has 0 radical (unpaired) electrons. The van der Waals surface area contributed by atoms with E-state index < -0.39 is 0 Å². The van der Waals surface area contributed by atoms with E-state index in [-0.39, 0.29) is 6.61 Å². The maximum Gasteiger partial charge on any atom is 0.185 e. The number of hydrogen-bond acceptors (Lipinski definition) is 4. The highest BCUT2D eigenvalue weighted by Crippen LogP contribution is 2.08. The van der Waals surface area contributed by atoms with Gasteiger partial charge in [-0.2, -0.15) is 0 Å². The second-order valence-corrected chi connectivity index (χ2v) is 3.94. The Bertz CT molecular complexity index is 309. The minimum Gasteiger partial charge on any atom is -0.457 e. The average molecular weight is 225 g/mol. The second-order valence-electron chi connectivity index (χ2n) is 3.94. The van der Waals surface area contributed by atoms with Crippen LogP contribution in [0.15, 0.2) is 16.5 Å². The summed E-state index contributed by atoms with van der Waals surface area (Å²) >= 11 is 0. The topological polar surface area (TPSA) is 53.7 Å². The molecule has 0 aliphatic rings. The van der Waals surface area contributed by atoms with Crippen molar-refractivity contribution in [3.8, 4) is 0 Å². The number of nitrogens with zero attached hydrogens (tertiary/aromatic N) is 1. The largest absolute Gasteiger partial charge is 0.457 e. The Kier molecular flexibility index (Phi) is 5.82. The predicted molar refractivity (Wildman–Crippen MR) is 61.4 cm³/mol. The molecule has 4 nitrogen and oxygen atoms in total. The Morgan fingerprint density at radius 3 is 2.81 bits per heavy atom. The monoisotopic (exact) mass is 225 g/mol. The van der Waals surface area contributed by atoms with Crippen LogP contribution in [0, 0.1) is 0 Å². The molecule has 1 aromatic rings. The lowest BCUT2D eigenvalue weighted by molar-refractivity contribution is 0.109. The number of aliphatic hydroxyl groups excluding tert-OH is 1. The van der Waals surface area contributed by atoms with Gasteiger partial charge >= 0.3 is 0 Å². The Hall–Kier alpha value is -1.13. The van der Waals surface area contributed by atoms with Gasteiger partial charge in [-0.15, -0.1) is 0 Å². The first-order valence-corrected chi connectivity index (χ1v) is 5.59. The summed E-state index contributed by atoms with van der Waals surface area (Å²) < 4.78 is 5.28. The van der Waals surface area contributed by atoms with Gasteiger partial charge in [-0.25, -0.2) is 0 Å². The molecule has 16 heavy (non-hydrogen) atoms. The molecule has 1 rings (SSSR count). The van der Waals surface area contributed by atoms with Gasteiger partial charge in [0, 0.05) is 6.61 Å². The standard InChI is InChI=1S/C12H19NO3/c1-13(7-3-2-4-8-14)9-11-5-6-12(10-15)16-11/h5-6,10,14H,2-4,7-9H2,1H3. The van der Waals surface area contributed by atoms with Crippen LogP contribution >= 0.6 is 0 Å². The van der Waals surface area contributed by atoms with Gasteiger partial charge in [-0.05, 0) is 45.0 Å². The number of rotatable bonds is 8. The van der Waals surface area contributed by atoms with Gasteiger partial charge in [0.25, 0.3) is 0 Å². The third kappa shape index (κ3) is 4.59. The summed E-state index contributed by atoms with van der Waals surface area (Å²) in [5.41, 5.74) is 0. The molecular weight excluding hydrogens is 206 g/mol. The first-order chi connectivity index (χ1) is 7.76. The Morgan fingerprint density at radius 2 is 2.19 bits per heavy atom. The minimum atomic E-state index is 0.268. The van der Waals surface area contributed by atoms with E-state index in [4.69, 9.17) is 9.52 Å². The van der Waals surface area contributed by atoms with E-state index in [2.05, 4.69) is 4.90 Å². The van der Waals surface area contributed by atoms with Crippen molar-refractivity contribution in [3.05, 3.63) is 23.7 Å². The molecule has 0 aromatic carbocycles. The third-order valence-corrected chi connectivity index (χ3v) is 2.42. The van der Waals surface area contributed by atoms with E-state index in [1.165, 1.54) is 0 Å². The molecule has 0 aliphatic carbocycles. The van der Waals surface area contributed by atoms with Crippen molar-refractivity contribution in [3.63, 3.8) is 0 Å². The summed E-state index contributed by atoms with van der Waals surface area (Å²) in [6.07, 6.45) is 3.69. The smallest absolute Gasteiger partial charge is 0.185 e. The number of aldehydes is 1. The molecule has 1 aromatic heterocycles. The van der Waals surface area contributed by atoms with Crippen LogP contribution in [0.2, 0.25) is 0 Å². The molecule has 0 atom stereocenters. The zero-order chi connectivity index (χ0) is 11.8. The number of carbonyl (C=O) groups excluding carboxylic acids is 1. The van der Waals surface area contributed by atoms with Crippen LogP contribution in [-0.2, 0) is 6.54 Å². The van der Waals surface area contributed by atoms with E-state index in [0.717, 1.165) is 31.6 Å². The molecule has 1 N–H and O–H groups in total. The van der Waals surface area contributed by atoms with Crippen LogP contribution in [-0.4, -0.2) is 36.5 Å². The Labute approximate surface area is 95.9 Å². The van der Waals surface area contributed by atoms with Gasteiger partial charge in [-0.3, -0.25) is 9.69 Å². The van der Waals surface area contributed by atoms with E-state index >= 15 is 0 Å². The normalized spacial score (nSPS) is 10.9. The van der Waals surface area contributed by atoms with Gasteiger partial charge in [0.15, 0.2) is 12.0 Å². The van der Waals surface area contributed by atoms with Crippen LogP contribution in [0.5, 0.6) is 0 Å². The van der Waals surface area contributed by atoms with Crippen molar-refractivity contribution in [2.75, 3.05) is 20.2 Å². The highest BCUT2D eigenvalue weighted by atomic mass is 16.3. The summed E-state index contributed by atoms with van der Waals surface area (Å²) in [6, 6.07) is 3.51. The van der Waals surface area contributed by atoms with Crippen LogP contribution in [0.1, 0.15) is 35.6 Å². The van der Waals surface area contributed by atoms with E-state index in [0.29, 0.717) is 18.6 Å². The van der Waals surface area contributed by atoms with E-state index in [9.17, 15) is 4.79 Å². The molecular formula is C12H19NO3. The van der Waals surface area contributed by atoms with Crippen molar-refractivity contribution >= 4 is 6.29 Å². The molecule has 1 heterocycles.